The molecule has 0 saturated carbocycles. The summed E-state index contributed by atoms with van der Waals surface area (Å²) in [6.45, 7) is 6.91. The summed E-state index contributed by atoms with van der Waals surface area (Å²) < 4.78 is 12.1. The zero-order valence-corrected chi connectivity index (χ0v) is 18.6. The lowest BCUT2D eigenvalue weighted by atomic mass is 9.89. The average molecular weight is 467 g/mol. The predicted molar refractivity (Wildman–Crippen MR) is 111 cm³/mol. The van der Waals surface area contributed by atoms with E-state index in [1.165, 1.54) is 0 Å². The van der Waals surface area contributed by atoms with Crippen LogP contribution in [-0.4, -0.2) is 47.6 Å². The molecule has 0 spiro atoms. The molecule has 8 heteroatoms. The van der Waals surface area contributed by atoms with Crippen molar-refractivity contribution in [1.29, 1.82) is 0 Å². The van der Waals surface area contributed by atoms with E-state index in [0.717, 1.165) is 22.9 Å². The zero-order valence-electron chi connectivity index (χ0n) is 17.0. The van der Waals surface area contributed by atoms with E-state index in [1.807, 2.05) is 39.0 Å². The van der Waals surface area contributed by atoms with Gasteiger partial charge in [-0.05, 0) is 57.2 Å². The van der Waals surface area contributed by atoms with Crippen LogP contribution in [0.4, 0.5) is 4.79 Å². The topological polar surface area (TPSA) is 84.9 Å². The van der Waals surface area contributed by atoms with E-state index in [9.17, 15) is 14.4 Å². The Hall–Kier alpha value is -2.09. The number of hydrogen-bond acceptors (Lipinski definition) is 5. The number of nitrogens with one attached hydrogen (secondary N) is 1. The van der Waals surface area contributed by atoms with Crippen LogP contribution in [0.15, 0.2) is 22.7 Å². The molecule has 2 saturated heterocycles. The highest BCUT2D eigenvalue weighted by atomic mass is 79.9. The molecule has 1 aromatic rings. The van der Waals surface area contributed by atoms with Gasteiger partial charge < -0.3 is 14.4 Å². The first-order valence-corrected chi connectivity index (χ1v) is 10.7. The Morgan fingerprint density at radius 2 is 1.86 bits per heavy atom. The SMILES string of the molecule is CC(C)(C)OC(=O)N1CCC(c2ccc(OC3CCC(=O)NC3=O)cc2Br)CC1. The fourth-order valence-electron chi connectivity index (χ4n) is 3.56. The summed E-state index contributed by atoms with van der Waals surface area (Å²) in [5.74, 6) is 0.258. The Kier molecular flexibility index (Phi) is 6.51. The molecule has 0 radical (unpaired) electrons. The molecule has 2 heterocycles. The fraction of sp³-hybridized carbons (Fsp3) is 0.571. The smallest absolute Gasteiger partial charge is 0.410 e. The van der Waals surface area contributed by atoms with Crippen LogP contribution in [0.2, 0.25) is 0 Å². The molecule has 0 aromatic heterocycles. The fourth-order valence-corrected chi connectivity index (χ4v) is 4.24. The Morgan fingerprint density at radius 1 is 1.17 bits per heavy atom. The van der Waals surface area contributed by atoms with Crippen LogP contribution in [0.3, 0.4) is 0 Å². The average Bonchev–Trinajstić information content (AvgIpc) is 2.63. The quantitative estimate of drug-likeness (QED) is 0.685. The maximum atomic E-state index is 12.2. The van der Waals surface area contributed by atoms with Crippen LogP contribution in [0.25, 0.3) is 0 Å². The Morgan fingerprint density at radius 3 is 2.45 bits per heavy atom. The second-order valence-corrected chi connectivity index (χ2v) is 9.34. The normalized spacial score (nSPS) is 21.0. The number of ether oxygens (including phenoxy) is 2. The van der Waals surface area contributed by atoms with Crippen LogP contribution in [0.1, 0.15) is 57.9 Å². The van der Waals surface area contributed by atoms with Crippen molar-refractivity contribution in [3.8, 4) is 5.75 Å². The highest BCUT2D eigenvalue weighted by molar-refractivity contribution is 9.10. The van der Waals surface area contributed by atoms with Crippen molar-refractivity contribution in [2.75, 3.05) is 13.1 Å². The minimum absolute atomic E-state index is 0.260. The van der Waals surface area contributed by atoms with Gasteiger partial charge in [-0.15, -0.1) is 0 Å². The van der Waals surface area contributed by atoms with Gasteiger partial charge in [0.1, 0.15) is 11.4 Å². The Labute approximate surface area is 179 Å². The lowest BCUT2D eigenvalue weighted by Gasteiger charge is -2.34. The van der Waals surface area contributed by atoms with Crippen LogP contribution < -0.4 is 10.1 Å². The molecule has 1 atom stereocenters. The number of hydrogen-bond donors (Lipinski definition) is 1. The van der Waals surface area contributed by atoms with Crippen molar-refractivity contribution < 1.29 is 23.9 Å². The molecule has 2 aliphatic heterocycles. The van der Waals surface area contributed by atoms with Crippen molar-refractivity contribution in [2.24, 2.45) is 0 Å². The molecule has 3 rings (SSSR count). The first kappa shape index (κ1) is 21.6. The maximum absolute atomic E-state index is 12.2. The van der Waals surface area contributed by atoms with E-state index >= 15 is 0 Å². The van der Waals surface area contributed by atoms with Gasteiger partial charge in [0.2, 0.25) is 5.91 Å². The molecule has 0 bridgehead atoms. The van der Waals surface area contributed by atoms with Gasteiger partial charge in [-0.2, -0.15) is 0 Å². The minimum atomic E-state index is -0.650. The van der Waals surface area contributed by atoms with E-state index < -0.39 is 17.6 Å². The second-order valence-electron chi connectivity index (χ2n) is 8.48. The Bertz CT molecular complexity index is 797. The zero-order chi connectivity index (χ0) is 21.2. The van der Waals surface area contributed by atoms with Crippen molar-refractivity contribution in [2.45, 2.75) is 64.1 Å². The number of piperidine rings is 2. The van der Waals surface area contributed by atoms with Gasteiger partial charge >= 0.3 is 6.09 Å². The number of amides is 3. The van der Waals surface area contributed by atoms with Gasteiger partial charge in [-0.3, -0.25) is 14.9 Å². The third kappa shape index (κ3) is 5.72. The van der Waals surface area contributed by atoms with Crippen molar-refractivity contribution in [3.63, 3.8) is 0 Å². The summed E-state index contributed by atoms with van der Waals surface area (Å²) in [7, 11) is 0. The summed E-state index contributed by atoms with van der Waals surface area (Å²) in [4.78, 5) is 37.1. The predicted octanol–water partition coefficient (Wildman–Crippen LogP) is 3.75. The number of imide groups is 1. The number of halogens is 1. The van der Waals surface area contributed by atoms with Crippen molar-refractivity contribution in [1.82, 2.24) is 10.2 Å². The first-order valence-electron chi connectivity index (χ1n) is 9.90. The molecule has 1 aromatic carbocycles. The van der Waals surface area contributed by atoms with Crippen molar-refractivity contribution in [3.05, 3.63) is 28.2 Å². The number of benzene rings is 1. The molecule has 0 aliphatic carbocycles. The van der Waals surface area contributed by atoms with Gasteiger partial charge in [0.05, 0.1) is 0 Å². The molecule has 1 N–H and O–H groups in total. The molecule has 2 fully saturated rings. The number of carbonyl (C=O) groups is 3. The van der Waals surface area contributed by atoms with Gasteiger partial charge in [0, 0.05) is 30.4 Å². The van der Waals surface area contributed by atoms with E-state index in [0.29, 0.717) is 31.2 Å². The summed E-state index contributed by atoms with van der Waals surface area (Å²) in [6.07, 6.45) is 1.46. The summed E-state index contributed by atoms with van der Waals surface area (Å²) in [6, 6.07) is 5.71. The number of rotatable bonds is 3. The highest BCUT2D eigenvalue weighted by Gasteiger charge is 2.30. The Balaban J connectivity index is 1.58. The summed E-state index contributed by atoms with van der Waals surface area (Å²) in [5, 5.41) is 2.30. The van der Waals surface area contributed by atoms with Crippen LogP contribution >= 0.6 is 15.9 Å². The van der Waals surface area contributed by atoms with Crippen LogP contribution in [-0.2, 0) is 14.3 Å². The summed E-state index contributed by atoms with van der Waals surface area (Å²) >= 11 is 3.62. The monoisotopic (exact) mass is 466 g/mol. The molecule has 29 heavy (non-hydrogen) atoms. The highest BCUT2D eigenvalue weighted by Crippen LogP contribution is 2.35. The number of nitrogens with zero attached hydrogens (tertiary/aromatic N) is 1. The minimum Gasteiger partial charge on any atom is -0.481 e. The van der Waals surface area contributed by atoms with E-state index in [2.05, 4.69) is 21.2 Å². The molecular weight excluding hydrogens is 440 g/mol. The van der Waals surface area contributed by atoms with E-state index in [4.69, 9.17) is 9.47 Å². The van der Waals surface area contributed by atoms with Gasteiger partial charge in [0.15, 0.2) is 6.10 Å². The lowest BCUT2D eigenvalue weighted by Crippen LogP contribution is -2.46. The summed E-state index contributed by atoms with van der Waals surface area (Å²) in [5.41, 5.74) is 0.666. The molecule has 158 valence electrons. The molecule has 1 unspecified atom stereocenters. The molecular formula is C21H27BrN2O5. The third-order valence-electron chi connectivity index (χ3n) is 5.03. The van der Waals surface area contributed by atoms with Gasteiger partial charge in [0.25, 0.3) is 5.91 Å². The van der Waals surface area contributed by atoms with Gasteiger partial charge in [-0.25, -0.2) is 4.79 Å². The number of likely N-dealkylation sites (tertiary alicyclic amines) is 1. The van der Waals surface area contributed by atoms with Gasteiger partial charge in [-0.1, -0.05) is 22.0 Å². The van der Waals surface area contributed by atoms with Crippen molar-refractivity contribution >= 4 is 33.8 Å². The largest absolute Gasteiger partial charge is 0.481 e. The molecule has 2 aliphatic rings. The van der Waals surface area contributed by atoms with Crippen LogP contribution in [0.5, 0.6) is 5.75 Å². The maximum Gasteiger partial charge on any atom is 0.410 e. The molecule has 7 nitrogen and oxygen atoms in total. The molecule has 3 amide bonds. The number of carbonyl (C=O) groups excluding carboxylic acids is 3. The second kappa shape index (κ2) is 8.73. The third-order valence-corrected chi connectivity index (χ3v) is 5.71. The first-order chi connectivity index (χ1) is 13.6. The van der Waals surface area contributed by atoms with E-state index in [-0.39, 0.29) is 18.4 Å². The lowest BCUT2D eigenvalue weighted by molar-refractivity contribution is -0.138. The van der Waals surface area contributed by atoms with Crippen LogP contribution in [0, 0.1) is 0 Å². The standard InChI is InChI=1S/C21H27BrN2O5/c1-21(2,3)29-20(27)24-10-8-13(9-11-24)15-5-4-14(12-16(15)22)28-17-6-7-18(25)23-19(17)26/h4-5,12-13,17H,6-11H2,1-3H3,(H,23,25,26). The van der Waals surface area contributed by atoms with E-state index in [1.54, 1.807) is 4.90 Å².